The Labute approximate surface area is 365 Å². The van der Waals surface area contributed by atoms with Crippen molar-refractivity contribution in [2.45, 2.75) is 55.4 Å². The number of hydrogen-bond donors (Lipinski definition) is 0. The highest BCUT2D eigenvalue weighted by atomic mass is 14.4. The lowest BCUT2D eigenvalue weighted by Gasteiger charge is -2.22. The standard InChI is InChI=1S/C62H48/c1-33-17-21-41(29-37(33)5)53-45-13-9-10-14-46(45)54(42-22-18-34(2)38(6)30-42)60-50-27-28-52-58-51(26-25-49(57(50)58)59(53)60)61-55(43-23-19-35(3)39(7)31-43)47-15-11-12-16-48(47)56(62(52)61)44-24-20-36(4)40(8)32-44/h9-32H,1-8H3. The van der Waals surface area contributed by atoms with Crippen LogP contribution in [-0.4, -0.2) is 0 Å². The summed E-state index contributed by atoms with van der Waals surface area (Å²) in [6, 6.07) is 56.5. The maximum atomic E-state index is 2.48. The smallest absolute Gasteiger partial charge is 0.000740 e. The zero-order valence-corrected chi connectivity index (χ0v) is 36.9. The summed E-state index contributed by atoms with van der Waals surface area (Å²) in [6.07, 6.45) is 0. The van der Waals surface area contributed by atoms with Crippen molar-refractivity contribution < 1.29 is 0 Å². The number of aryl methyl sites for hydroxylation is 8. The molecule has 0 nitrogen and oxygen atoms in total. The van der Waals surface area contributed by atoms with Crippen LogP contribution in [0, 0.1) is 55.4 Å². The lowest BCUT2D eigenvalue weighted by atomic mass is 9.81. The lowest BCUT2D eigenvalue weighted by molar-refractivity contribution is 1.34. The highest BCUT2D eigenvalue weighted by Gasteiger charge is 2.37. The molecule has 12 rings (SSSR count). The van der Waals surface area contributed by atoms with Crippen LogP contribution < -0.4 is 0 Å². The zero-order valence-electron chi connectivity index (χ0n) is 36.9. The molecule has 0 aliphatic heterocycles. The summed E-state index contributed by atoms with van der Waals surface area (Å²) >= 11 is 0. The van der Waals surface area contributed by atoms with Crippen LogP contribution >= 0.6 is 0 Å². The molecule has 0 amide bonds. The van der Waals surface area contributed by atoms with Crippen LogP contribution in [0.1, 0.15) is 44.5 Å². The van der Waals surface area contributed by atoms with E-state index in [1.807, 2.05) is 0 Å². The maximum Gasteiger partial charge on any atom is -0.000740 e. The Morgan fingerprint density at radius 2 is 0.435 bits per heavy atom. The summed E-state index contributed by atoms with van der Waals surface area (Å²) < 4.78 is 0. The van der Waals surface area contributed by atoms with Gasteiger partial charge in [0.15, 0.2) is 0 Å². The number of hydrogen-bond acceptors (Lipinski definition) is 0. The van der Waals surface area contributed by atoms with Gasteiger partial charge in [-0.3, -0.25) is 0 Å². The monoisotopic (exact) mass is 792 g/mol. The van der Waals surface area contributed by atoms with Gasteiger partial charge >= 0.3 is 0 Å². The van der Waals surface area contributed by atoms with Crippen molar-refractivity contribution in [3.63, 3.8) is 0 Å². The SMILES string of the molecule is Cc1ccc(-c2c3c(c(-c4ccc(C)c(C)c4)c4ccccc24)-c2ccc4c5c(ccc-3c25)-c2c-4c(-c3ccc(C)c(C)c3)c3ccccc3c2-c2ccc(C)c(C)c2)cc1C. The van der Waals surface area contributed by atoms with Crippen molar-refractivity contribution >= 4 is 32.3 Å². The Morgan fingerprint density at radius 3 is 0.645 bits per heavy atom. The molecule has 10 aromatic carbocycles. The molecule has 0 atom stereocenters. The molecule has 0 saturated heterocycles. The molecule has 0 saturated carbocycles. The fraction of sp³-hybridized carbons (Fsp3) is 0.129. The molecule has 0 heterocycles. The molecule has 0 heteroatoms. The van der Waals surface area contributed by atoms with Gasteiger partial charge in [-0.1, -0.05) is 146 Å². The lowest BCUT2D eigenvalue weighted by Crippen LogP contribution is -1.96. The van der Waals surface area contributed by atoms with Gasteiger partial charge in [0.2, 0.25) is 0 Å². The van der Waals surface area contributed by atoms with Gasteiger partial charge in [0.1, 0.15) is 0 Å². The first kappa shape index (κ1) is 36.8. The summed E-state index contributed by atoms with van der Waals surface area (Å²) in [4.78, 5) is 0. The van der Waals surface area contributed by atoms with Crippen molar-refractivity contribution in [2.24, 2.45) is 0 Å². The van der Waals surface area contributed by atoms with Crippen LogP contribution in [0.4, 0.5) is 0 Å². The minimum absolute atomic E-state index is 1.27. The molecule has 0 radical (unpaired) electrons. The quantitative estimate of drug-likeness (QED) is 0.167. The molecule has 0 N–H and O–H groups in total. The zero-order chi connectivity index (χ0) is 42.3. The third kappa shape index (κ3) is 5.01. The molecule has 2 aliphatic carbocycles. The number of benzene rings is 10. The minimum Gasteiger partial charge on any atom is -0.0616 e. The van der Waals surface area contributed by atoms with Crippen molar-refractivity contribution in [2.75, 3.05) is 0 Å². The molecule has 2 aliphatic rings. The minimum atomic E-state index is 1.27. The van der Waals surface area contributed by atoms with E-state index in [1.54, 1.807) is 0 Å². The third-order valence-electron chi connectivity index (χ3n) is 14.9. The highest BCUT2D eigenvalue weighted by Crippen LogP contribution is 2.64. The molecule has 0 aromatic heterocycles. The molecule has 296 valence electrons. The molecule has 62 heavy (non-hydrogen) atoms. The Morgan fingerprint density at radius 1 is 0.210 bits per heavy atom. The van der Waals surface area contributed by atoms with Gasteiger partial charge in [0.05, 0.1) is 0 Å². The van der Waals surface area contributed by atoms with Gasteiger partial charge in [-0.15, -0.1) is 0 Å². The highest BCUT2D eigenvalue weighted by molar-refractivity contribution is 6.35. The van der Waals surface area contributed by atoms with Gasteiger partial charge in [0, 0.05) is 0 Å². The van der Waals surface area contributed by atoms with Crippen molar-refractivity contribution in [3.05, 3.63) is 190 Å². The summed E-state index contributed by atoms with van der Waals surface area (Å²) in [5, 5.41) is 7.94. The second-order valence-electron chi connectivity index (χ2n) is 18.4. The summed E-state index contributed by atoms with van der Waals surface area (Å²) in [5.41, 5.74) is 31.7. The van der Waals surface area contributed by atoms with Crippen molar-refractivity contribution in [3.8, 4) is 89.0 Å². The van der Waals surface area contributed by atoms with E-state index in [0.717, 1.165) is 0 Å². The van der Waals surface area contributed by atoms with Gasteiger partial charge in [-0.25, -0.2) is 0 Å². The van der Waals surface area contributed by atoms with E-state index in [1.165, 1.54) is 166 Å². The van der Waals surface area contributed by atoms with E-state index < -0.39 is 0 Å². The summed E-state index contributed by atoms with van der Waals surface area (Å²) in [6.45, 7) is 17.9. The van der Waals surface area contributed by atoms with Crippen LogP contribution in [0.15, 0.2) is 146 Å². The van der Waals surface area contributed by atoms with Gasteiger partial charge in [0.25, 0.3) is 0 Å². The first-order chi connectivity index (χ1) is 30.1. The van der Waals surface area contributed by atoms with Crippen LogP contribution in [0.5, 0.6) is 0 Å². The normalized spacial score (nSPS) is 12.2. The predicted molar refractivity (Wildman–Crippen MR) is 267 cm³/mol. The van der Waals surface area contributed by atoms with E-state index in [9.17, 15) is 0 Å². The van der Waals surface area contributed by atoms with Gasteiger partial charge in [-0.2, -0.15) is 0 Å². The first-order valence-corrected chi connectivity index (χ1v) is 22.2. The average molecular weight is 793 g/mol. The molecular formula is C62H48. The Balaban J connectivity index is 1.27. The Kier molecular flexibility index (Phi) is 7.86. The molecule has 0 spiro atoms. The molecular weight excluding hydrogens is 745 g/mol. The van der Waals surface area contributed by atoms with Crippen LogP contribution in [0.25, 0.3) is 121 Å². The molecule has 0 fully saturated rings. The molecule has 0 unspecified atom stereocenters. The second-order valence-corrected chi connectivity index (χ2v) is 18.4. The third-order valence-corrected chi connectivity index (χ3v) is 14.9. The molecule has 0 bridgehead atoms. The summed E-state index contributed by atoms with van der Waals surface area (Å²) in [5.74, 6) is 0. The predicted octanol–water partition coefficient (Wildman–Crippen LogP) is 17.6. The van der Waals surface area contributed by atoms with Crippen LogP contribution in [0.2, 0.25) is 0 Å². The fourth-order valence-electron chi connectivity index (χ4n) is 11.1. The van der Waals surface area contributed by atoms with E-state index in [2.05, 4.69) is 201 Å². The Hall–Kier alpha value is -7.02. The Bertz CT molecular complexity index is 3170. The van der Waals surface area contributed by atoms with Gasteiger partial charge < -0.3 is 0 Å². The number of fused-ring (bicyclic) bond motifs is 8. The number of rotatable bonds is 4. The fourth-order valence-corrected chi connectivity index (χ4v) is 11.1. The molecule has 10 aromatic rings. The van der Waals surface area contributed by atoms with E-state index in [4.69, 9.17) is 0 Å². The largest absolute Gasteiger partial charge is 0.0616 e. The van der Waals surface area contributed by atoms with E-state index in [-0.39, 0.29) is 0 Å². The van der Waals surface area contributed by atoms with E-state index >= 15 is 0 Å². The van der Waals surface area contributed by atoms with Crippen LogP contribution in [-0.2, 0) is 0 Å². The first-order valence-electron chi connectivity index (χ1n) is 22.2. The maximum absolute atomic E-state index is 2.48. The topological polar surface area (TPSA) is 0 Å². The van der Waals surface area contributed by atoms with Crippen molar-refractivity contribution in [1.29, 1.82) is 0 Å². The summed E-state index contributed by atoms with van der Waals surface area (Å²) in [7, 11) is 0. The van der Waals surface area contributed by atoms with Crippen LogP contribution in [0.3, 0.4) is 0 Å². The second kappa shape index (κ2) is 13.2. The van der Waals surface area contributed by atoms with Crippen molar-refractivity contribution in [1.82, 2.24) is 0 Å². The average Bonchev–Trinajstić information content (AvgIpc) is 3.78. The van der Waals surface area contributed by atoms with Gasteiger partial charge in [-0.05, 0) is 221 Å². The van der Waals surface area contributed by atoms with E-state index in [0.29, 0.717) is 0 Å².